The fraction of sp³-hybridized carbons (Fsp3) is 0.727. The monoisotopic (exact) mass is 382 g/mol. The lowest BCUT2D eigenvalue weighted by Gasteiger charge is -2.15. The molecule has 0 fully saturated rings. The van der Waals surface area contributed by atoms with Gasteiger partial charge in [0.15, 0.2) is 0 Å². The van der Waals surface area contributed by atoms with Crippen LogP contribution in [0.15, 0.2) is 29.2 Å². The van der Waals surface area contributed by atoms with Crippen LogP contribution in [0.5, 0.6) is 0 Å². The highest BCUT2D eigenvalue weighted by Gasteiger charge is 2.15. The Morgan fingerprint density at radius 3 is 1.85 bits per heavy atom. The molecule has 0 aliphatic carbocycles. The van der Waals surface area contributed by atoms with E-state index in [0.717, 1.165) is 30.2 Å². The number of aryl methyl sites for hydroxylation is 1. The van der Waals surface area contributed by atoms with Crippen LogP contribution in [0.2, 0.25) is 0 Å². The van der Waals surface area contributed by atoms with E-state index in [-0.39, 0.29) is 11.5 Å². The maximum Gasteiger partial charge on any atom is 0.296 e. The SMILES string of the molecule is Cc1ccc(S(=O)(=O)OCCC(C)CCCC(C)CCCC(C)C)cc1. The Hall–Kier alpha value is -0.870. The molecule has 0 spiro atoms. The van der Waals surface area contributed by atoms with E-state index in [2.05, 4.69) is 27.7 Å². The third kappa shape index (κ3) is 9.72. The predicted octanol–water partition coefficient (Wildman–Crippen LogP) is 6.36. The quantitative estimate of drug-likeness (QED) is 0.373. The van der Waals surface area contributed by atoms with E-state index >= 15 is 0 Å². The Bertz CT molecular complexity index is 590. The molecule has 0 aromatic heterocycles. The fourth-order valence-corrected chi connectivity index (χ4v) is 4.03. The number of hydrogen-bond donors (Lipinski definition) is 0. The highest BCUT2D eigenvalue weighted by atomic mass is 32.2. The summed E-state index contributed by atoms with van der Waals surface area (Å²) in [6, 6.07) is 6.80. The largest absolute Gasteiger partial charge is 0.296 e. The summed E-state index contributed by atoms with van der Waals surface area (Å²) in [6.45, 7) is 11.3. The van der Waals surface area contributed by atoms with Crippen LogP contribution in [-0.2, 0) is 14.3 Å². The summed E-state index contributed by atoms with van der Waals surface area (Å²) in [5.74, 6) is 2.09. The molecule has 0 radical (unpaired) electrons. The van der Waals surface area contributed by atoms with Crippen molar-refractivity contribution in [3.05, 3.63) is 29.8 Å². The van der Waals surface area contributed by atoms with E-state index in [0.29, 0.717) is 5.92 Å². The average Bonchev–Trinajstić information content (AvgIpc) is 2.54. The maximum atomic E-state index is 12.2. The molecule has 1 rings (SSSR count). The minimum absolute atomic E-state index is 0.242. The molecule has 0 saturated heterocycles. The second-order valence-corrected chi connectivity index (χ2v) is 9.96. The van der Waals surface area contributed by atoms with Crippen molar-refractivity contribution in [2.45, 2.75) is 84.5 Å². The van der Waals surface area contributed by atoms with Crippen LogP contribution in [0.1, 0.15) is 78.2 Å². The normalized spacial score (nSPS) is 14.5. The first-order chi connectivity index (χ1) is 12.2. The smallest absolute Gasteiger partial charge is 0.266 e. The van der Waals surface area contributed by atoms with Crippen molar-refractivity contribution in [2.75, 3.05) is 6.61 Å². The van der Waals surface area contributed by atoms with Crippen molar-refractivity contribution in [1.82, 2.24) is 0 Å². The van der Waals surface area contributed by atoms with Crippen LogP contribution in [0.4, 0.5) is 0 Å². The van der Waals surface area contributed by atoms with Gasteiger partial charge >= 0.3 is 0 Å². The molecule has 2 atom stereocenters. The molecular weight excluding hydrogens is 344 g/mol. The Morgan fingerprint density at radius 1 is 0.808 bits per heavy atom. The van der Waals surface area contributed by atoms with Gasteiger partial charge in [-0.25, -0.2) is 0 Å². The lowest BCUT2D eigenvalue weighted by atomic mass is 9.93. The average molecular weight is 383 g/mol. The molecule has 0 heterocycles. The zero-order valence-corrected chi connectivity index (χ0v) is 18.1. The van der Waals surface area contributed by atoms with Gasteiger partial charge in [-0.15, -0.1) is 0 Å². The van der Waals surface area contributed by atoms with Gasteiger partial charge in [0.1, 0.15) is 0 Å². The minimum atomic E-state index is -3.62. The summed E-state index contributed by atoms with van der Waals surface area (Å²) in [4.78, 5) is 0.242. The third-order valence-corrected chi connectivity index (χ3v) is 6.36. The van der Waals surface area contributed by atoms with Crippen molar-refractivity contribution < 1.29 is 12.6 Å². The summed E-state index contributed by atoms with van der Waals surface area (Å²) in [5, 5.41) is 0. The first kappa shape index (κ1) is 23.2. The predicted molar refractivity (Wildman–Crippen MR) is 110 cm³/mol. The molecule has 0 N–H and O–H groups in total. The second-order valence-electron chi connectivity index (χ2n) is 8.34. The van der Waals surface area contributed by atoms with E-state index < -0.39 is 10.1 Å². The molecule has 0 saturated carbocycles. The summed E-state index contributed by atoms with van der Waals surface area (Å²) >= 11 is 0. The molecule has 26 heavy (non-hydrogen) atoms. The van der Waals surface area contributed by atoms with E-state index in [1.807, 2.05) is 6.92 Å². The van der Waals surface area contributed by atoms with Crippen molar-refractivity contribution in [1.29, 1.82) is 0 Å². The van der Waals surface area contributed by atoms with Crippen LogP contribution < -0.4 is 0 Å². The van der Waals surface area contributed by atoms with Crippen molar-refractivity contribution >= 4 is 10.1 Å². The Morgan fingerprint density at radius 2 is 1.31 bits per heavy atom. The fourth-order valence-electron chi connectivity index (χ4n) is 3.11. The zero-order chi connectivity index (χ0) is 19.6. The molecule has 0 aliphatic heterocycles. The third-order valence-electron chi connectivity index (χ3n) is 5.03. The van der Waals surface area contributed by atoms with Gasteiger partial charge in [0.2, 0.25) is 0 Å². The van der Waals surface area contributed by atoms with Gasteiger partial charge in [-0.3, -0.25) is 4.18 Å². The van der Waals surface area contributed by atoms with E-state index in [1.165, 1.54) is 32.1 Å². The van der Waals surface area contributed by atoms with E-state index in [4.69, 9.17) is 4.18 Å². The summed E-state index contributed by atoms with van der Waals surface area (Å²) in [5.41, 5.74) is 1.04. The molecule has 150 valence electrons. The van der Waals surface area contributed by atoms with Crippen LogP contribution in [0.3, 0.4) is 0 Å². The van der Waals surface area contributed by atoms with Crippen LogP contribution in [0.25, 0.3) is 0 Å². The molecule has 1 aromatic rings. The molecule has 0 amide bonds. The summed E-state index contributed by atoms with van der Waals surface area (Å²) in [7, 11) is -3.62. The van der Waals surface area contributed by atoms with Gasteiger partial charge in [-0.05, 0) is 43.2 Å². The van der Waals surface area contributed by atoms with Crippen LogP contribution >= 0.6 is 0 Å². The van der Waals surface area contributed by atoms with Crippen molar-refractivity contribution in [3.8, 4) is 0 Å². The van der Waals surface area contributed by atoms with E-state index in [9.17, 15) is 8.42 Å². The van der Waals surface area contributed by atoms with Gasteiger partial charge in [-0.2, -0.15) is 8.42 Å². The highest BCUT2D eigenvalue weighted by Crippen LogP contribution is 2.21. The van der Waals surface area contributed by atoms with Crippen LogP contribution in [0, 0.1) is 24.7 Å². The lowest BCUT2D eigenvalue weighted by Crippen LogP contribution is -2.10. The van der Waals surface area contributed by atoms with Gasteiger partial charge in [0.05, 0.1) is 11.5 Å². The maximum absolute atomic E-state index is 12.2. The first-order valence-electron chi connectivity index (χ1n) is 10.2. The number of benzene rings is 1. The van der Waals surface area contributed by atoms with E-state index in [1.54, 1.807) is 24.3 Å². The Labute approximate surface area is 161 Å². The molecular formula is C22H38O3S. The molecule has 3 nitrogen and oxygen atoms in total. The van der Waals surface area contributed by atoms with Gasteiger partial charge in [-0.1, -0.05) is 83.9 Å². The topological polar surface area (TPSA) is 43.4 Å². The van der Waals surface area contributed by atoms with Crippen LogP contribution in [-0.4, -0.2) is 15.0 Å². The summed E-state index contributed by atoms with van der Waals surface area (Å²) < 4.78 is 29.5. The Balaban J connectivity index is 2.20. The molecule has 0 bridgehead atoms. The van der Waals surface area contributed by atoms with Crippen molar-refractivity contribution in [3.63, 3.8) is 0 Å². The highest BCUT2D eigenvalue weighted by molar-refractivity contribution is 7.86. The number of hydrogen-bond acceptors (Lipinski definition) is 3. The lowest BCUT2D eigenvalue weighted by molar-refractivity contribution is 0.278. The standard InChI is InChI=1S/C22H38O3S/c1-18(2)8-6-9-19(3)10-7-11-20(4)16-17-25-26(23,24)22-14-12-21(5)13-15-22/h12-15,18-20H,6-11,16-17H2,1-5H3. The molecule has 0 aliphatic rings. The molecule has 4 heteroatoms. The second kappa shape index (κ2) is 11.8. The Kier molecular flexibility index (Phi) is 10.5. The number of rotatable bonds is 13. The minimum Gasteiger partial charge on any atom is -0.266 e. The first-order valence-corrected chi connectivity index (χ1v) is 11.6. The van der Waals surface area contributed by atoms with Gasteiger partial charge < -0.3 is 0 Å². The molecule has 2 unspecified atom stereocenters. The van der Waals surface area contributed by atoms with Gasteiger partial charge in [0.25, 0.3) is 10.1 Å². The zero-order valence-electron chi connectivity index (χ0n) is 17.3. The summed E-state index contributed by atoms with van der Waals surface area (Å²) in [6.07, 6.45) is 8.39. The molecule has 1 aromatic carbocycles. The van der Waals surface area contributed by atoms with Gasteiger partial charge in [0, 0.05) is 0 Å². The van der Waals surface area contributed by atoms with Crippen molar-refractivity contribution in [2.24, 2.45) is 17.8 Å².